The van der Waals surface area contributed by atoms with Crippen molar-refractivity contribution in [2.24, 2.45) is 0 Å². The van der Waals surface area contributed by atoms with Gasteiger partial charge in [0.25, 0.3) is 0 Å². The molecule has 1 atom stereocenters. The van der Waals surface area contributed by atoms with Crippen LogP contribution in [0.1, 0.15) is 49.3 Å². The van der Waals surface area contributed by atoms with Crippen LogP contribution >= 0.6 is 11.8 Å². The lowest BCUT2D eigenvalue weighted by molar-refractivity contribution is 0.514. The molecule has 0 amide bonds. The lowest BCUT2D eigenvalue weighted by Crippen LogP contribution is -2.21. The normalized spacial score (nSPS) is 18.5. The van der Waals surface area contributed by atoms with E-state index in [0.29, 0.717) is 6.04 Å². The first kappa shape index (κ1) is 14.9. The number of hydrogen-bond acceptors (Lipinski definition) is 2. The van der Waals surface area contributed by atoms with Crippen LogP contribution in [-0.4, -0.2) is 18.1 Å². The van der Waals surface area contributed by atoms with Gasteiger partial charge in [-0.15, -0.1) is 0 Å². The molecule has 1 N–H and O–H groups in total. The molecule has 1 aliphatic carbocycles. The Balaban J connectivity index is 1.93. The zero-order valence-corrected chi connectivity index (χ0v) is 12.7. The van der Waals surface area contributed by atoms with E-state index in [9.17, 15) is 4.39 Å². The average Bonchev–Trinajstić information content (AvgIpc) is 2.44. The highest BCUT2D eigenvalue weighted by molar-refractivity contribution is 7.99. The van der Waals surface area contributed by atoms with Crippen molar-refractivity contribution in [3.63, 3.8) is 0 Å². The second kappa shape index (κ2) is 7.30. The maximum absolute atomic E-state index is 13.3. The summed E-state index contributed by atoms with van der Waals surface area (Å²) in [5.41, 5.74) is 1.94. The molecule has 1 fully saturated rings. The van der Waals surface area contributed by atoms with Crippen molar-refractivity contribution in [1.82, 2.24) is 5.32 Å². The van der Waals surface area contributed by atoms with Crippen LogP contribution in [0.4, 0.5) is 4.39 Å². The van der Waals surface area contributed by atoms with Crippen molar-refractivity contribution in [2.75, 3.05) is 12.8 Å². The summed E-state index contributed by atoms with van der Waals surface area (Å²) in [6.07, 6.45) is 6.91. The van der Waals surface area contributed by atoms with Crippen LogP contribution in [0.15, 0.2) is 18.2 Å². The lowest BCUT2D eigenvalue weighted by Gasteiger charge is -2.24. The van der Waals surface area contributed by atoms with Gasteiger partial charge in [0.05, 0.1) is 0 Å². The third kappa shape index (κ3) is 4.22. The Kier molecular flexibility index (Phi) is 5.71. The Morgan fingerprint density at radius 1 is 1.32 bits per heavy atom. The number of halogens is 1. The first-order valence-corrected chi connectivity index (χ1v) is 8.30. The quantitative estimate of drug-likeness (QED) is 0.855. The molecule has 1 aromatic rings. The summed E-state index contributed by atoms with van der Waals surface area (Å²) in [4.78, 5) is 0. The standard InChI is InChI=1S/C16H24FNS/c1-12-10-13(8-9-15(12)17)16(18-2)11-19-14-6-4-3-5-7-14/h8-10,14,16,18H,3-7,11H2,1-2H3. The third-order valence-electron chi connectivity index (χ3n) is 3.98. The van der Waals surface area contributed by atoms with Gasteiger partial charge in [-0.3, -0.25) is 0 Å². The van der Waals surface area contributed by atoms with Gasteiger partial charge in [-0.1, -0.05) is 31.4 Å². The molecular formula is C16H24FNS. The van der Waals surface area contributed by atoms with Crippen LogP contribution in [0.3, 0.4) is 0 Å². The van der Waals surface area contributed by atoms with Crippen LogP contribution < -0.4 is 5.32 Å². The van der Waals surface area contributed by atoms with E-state index in [1.165, 1.54) is 37.7 Å². The minimum absolute atomic E-state index is 0.112. The maximum atomic E-state index is 13.3. The minimum atomic E-state index is -0.112. The molecule has 106 valence electrons. The number of hydrogen-bond donors (Lipinski definition) is 1. The van der Waals surface area contributed by atoms with E-state index in [-0.39, 0.29) is 5.82 Å². The summed E-state index contributed by atoms with van der Waals surface area (Å²) in [7, 11) is 1.99. The smallest absolute Gasteiger partial charge is 0.126 e. The molecule has 1 nitrogen and oxygen atoms in total. The van der Waals surface area contributed by atoms with Crippen LogP contribution in [0, 0.1) is 12.7 Å². The first-order chi connectivity index (χ1) is 9.20. The van der Waals surface area contributed by atoms with E-state index >= 15 is 0 Å². The zero-order chi connectivity index (χ0) is 13.7. The topological polar surface area (TPSA) is 12.0 Å². The highest BCUT2D eigenvalue weighted by Crippen LogP contribution is 2.31. The van der Waals surface area contributed by atoms with Gasteiger partial charge >= 0.3 is 0 Å². The number of benzene rings is 1. The second-order valence-corrected chi connectivity index (χ2v) is 6.78. The molecule has 0 radical (unpaired) electrons. The fourth-order valence-corrected chi connectivity index (χ4v) is 4.19. The molecule has 3 heteroatoms. The highest BCUT2D eigenvalue weighted by Gasteiger charge is 2.17. The molecular weight excluding hydrogens is 257 g/mol. The summed E-state index contributed by atoms with van der Waals surface area (Å²) in [6, 6.07) is 5.79. The minimum Gasteiger partial charge on any atom is -0.312 e. The maximum Gasteiger partial charge on any atom is 0.126 e. The Morgan fingerprint density at radius 2 is 2.05 bits per heavy atom. The lowest BCUT2D eigenvalue weighted by atomic mass is 10.0. The SMILES string of the molecule is CNC(CSC1CCCCC1)c1ccc(F)c(C)c1. The molecule has 0 aromatic heterocycles. The summed E-state index contributed by atoms with van der Waals surface area (Å²) >= 11 is 2.08. The van der Waals surface area contributed by atoms with Crippen molar-refractivity contribution in [1.29, 1.82) is 0 Å². The molecule has 0 heterocycles. The summed E-state index contributed by atoms with van der Waals surface area (Å²) in [5.74, 6) is 0.963. The number of nitrogens with one attached hydrogen (secondary N) is 1. The van der Waals surface area contributed by atoms with Crippen molar-refractivity contribution < 1.29 is 4.39 Å². The van der Waals surface area contributed by atoms with Gasteiger partial charge in [-0.2, -0.15) is 11.8 Å². The monoisotopic (exact) mass is 281 g/mol. The van der Waals surface area contributed by atoms with Gasteiger partial charge < -0.3 is 5.32 Å². The molecule has 2 rings (SSSR count). The van der Waals surface area contributed by atoms with Gasteiger partial charge in [0.1, 0.15) is 5.82 Å². The van der Waals surface area contributed by atoms with Crippen molar-refractivity contribution in [3.05, 3.63) is 35.1 Å². The Morgan fingerprint density at radius 3 is 2.68 bits per heavy atom. The van der Waals surface area contributed by atoms with Gasteiger partial charge in [-0.25, -0.2) is 4.39 Å². The Bertz CT molecular complexity index is 402. The van der Waals surface area contributed by atoms with Crippen LogP contribution in [-0.2, 0) is 0 Å². The largest absolute Gasteiger partial charge is 0.312 e. The van der Waals surface area contributed by atoms with Crippen molar-refractivity contribution in [3.8, 4) is 0 Å². The summed E-state index contributed by atoms with van der Waals surface area (Å²) < 4.78 is 13.3. The number of thioether (sulfide) groups is 1. The molecule has 0 saturated heterocycles. The Labute approximate surface area is 120 Å². The van der Waals surface area contributed by atoms with Gasteiger partial charge in [0.2, 0.25) is 0 Å². The summed E-state index contributed by atoms with van der Waals surface area (Å²) in [6.45, 7) is 1.83. The predicted molar refractivity (Wildman–Crippen MR) is 82.3 cm³/mol. The fourth-order valence-electron chi connectivity index (χ4n) is 2.69. The van der Waals surface area contributed by atoms with E-state index in [2.05, 4.69) is 17.1 Å². The molecule has 0 spiro atoms. The van der Waals surface area contributed by atoms with E-state index in [1.54, 1.807) is 6.07 Å². The van der Waals surface area contributed by atoms with E-state index in [0.717, 1.165) is 16.6 Å². The fraction of sp³-hybridized carbons (Fsp3) is 0.625. The molecule has 0 aliphatic heterocycles. The van der Waals surface area contributed by atoms with E-state index in [1.807, 2.05) is 26.1 Å². The molecule has 19 heavy (non-hydrogen) atoms. The number of aryl methyl sites for hydroxylation is 1. The second-order valence-electron chi connectivity index (χ2n) is 5.44. The zero-order valence-electron chi connectivity index (χ0n) is 11.9. The highest BCUT2D eigenvalue weighted by atomic mass is 32.2. The Hall–Kier alpha value is -0.540. The van der Waals surface area contributed by atoms with E-state index < -0.39 is 0 Å². The van der Waals surface area contributed by atoms with Crippen LogP contribution in [0.25, 0.3) is 0 Å². The van der Waals surface area contributed by atoms with Crippen LogP contribution in [0.5, 0.6) is 0 Å². The van der Waals surface area contributed by atoms with Gasteiger partial charge in [0.15, 0.2) is 0 Å². The average molecular weight is 281 g/mol. The van der Waals surface area contributed by atoms with Crippen molar-refractivity contribution >= 4 is 11.8 Å². The first-order valence-electron chi connectivity index (χ1n) is 7.25. The van der Waals surface area contributed by atoms with E-state index in [4.69, 9.17) is 0 Å². The molecule has 1 unspecified atom stereocenters. The summed E-state index contributed by atoms with van der Waals surface area (Å²) in [5, 5.41) is 4.19. The molecule has 1 aromatic carbocycles. The van der Waals surface area contributed by atoms with Gasteiger partial charge in [0, 0.05) is 17.0 Å². The van der Waals surface area contributed by atoms with Crippen LogP contribution in [0.2, 0.25) is 0 Å². The number of rotatable bonds is 5. The molecule has 1 saturated carbocycles. The third-order valence-corrected chi connectivity index (χ3v) is 5.45. The van der Waals surface area contributed by atoms with Gasteiger partial charge in [-0.05, 0) is 44.0 Å². The molecule has 0 bridgehead atoms. The van der Waals surface area contributed by atoms with Crippen molar-refractivity contribution in [2.45, 2.75) is 50.3 Å². The molecule has 1 aliphatic rings. The predicted octanol–water partition coefficient (Wildman–Crippen LogP) is 4.46.